The lowest BCUT2D eigenvalue weighted by Gasteiger charge is -2.21. The lowest BCUT2D eigenvalue weighted by molar-refractivity contribution is 0.187. The zero-order valence-corrected chi connectivity index (χ0v) is 7.91. The number of nitrogens with two attached hydrogens (primary N) is 1. The maximum atomic E-state index is 12.9. The standard InChI is InChI=1S/C11H14FNO/c12-9-3-1-2-8(6-9)10(13)11(7-14)4-5-11/h1-3,6,10,14H,4-5,7,13H2. The molecule has 0 heterocycles. The van der Waals surface area contributed by atoms with Crippen molar-refractivity contribution in [1.82, 2.24) is 0 Å². The third-order valence-electron chi connectivity index (χ3n) is 3.07. The first-order chi connectivity index (χ1) is 6.68. The quantitative estimate of drug-likeness (QED) is 0.769. The van der Waals surface area contributed by atoms with Crippen LogP contribution in [-0.4, -0.2) is 11.7 Å². The van der Waals surface area contributed by atoms with Crippen LogP contribution in [0.5, 0.6) is 0 Å². The molecule has 1 aliphatic rings. The highest BCUT2D eigenvalue weighted by molar-refractivity contribution is 5.24. The molecule has 2 rings (SSSR count). The third-order valence-corrected chi connectivity index (χ3v) is 3.07. The van der Waals surface area contributed by atoms with Gasteiger partial charge in [0.15, 0.2) is 0 Å². The molecule has 14 heavy (non-hydrogen) atoms. The molecule has 2 nitrogen and oxygen atoms in total. The smallest absolute Gasteiger partial charge is 0.123 e. The normalized spacial score (nSPS) is 20.5. The third kappa shape index (κ3) is 1.53. The van der Waals surface area contributed by atoms with Crippen molar-refractivity contribution in [2.75, 3.05) is 6.61 Å². The Bertz CT molecular complexity index is 336. The zero-order valence-electron chi connectivity index (χ0n) is 7.91. The van der Waals surface area contributed by atoms with E-state index in [0.717, 1.165) is 18.4 Å². The second kappa shape index (κ2) is 3.33. The van der Waals surface area contributed by atoms with Crippen molar-refractivity contribution in [3.63, 3.8) is 0 Å². The second-order valence-corrected chi connectivity index (χ2v) is 4.05. The van der Waals surface area contributed by atoms with Crippen LogP contribution in [0.15, 0.2) is 24.3 Å². The number of aliphatic hydroxyl groups is 1. The summed E-state index contributed by atoms with van der Waals surface area (Å²) in [5.41, 5.74) is 6.58. The first-order valence-electron chi connectivity index (χ1n) is 4.80. The van der Waals surface area contributed by atoms with Crippen molar-refractivity contribution in [3.8, 4) is 0 Å². The Morgan fingerprint density at radius 2 is 2.21 bits per heavy atom. The molecule has 0 saturated heterocycles. The lowest BCUT2D eigenvalue weighted by atomic mass is 9.91. The van der Waals surface area contributed by atoms with Crippen LogP contribution in [0.3, 0.4) is 0 Å². The Morgan fingerprint density at radius 1 is 1.50 bits per heavy atom. The summed E-state index contributed by atoms with van der Waals surface area (Å²) >= 11 is 0. The average Bonchev–Trinajstić information content (AvgIpc) is 2.97. The minimum atomic E-state index is -0.272. The van der Waals surface area contributed by atoms with E-state index >= 15 is 0 Å². The maximum absolute atomic E-state index is 12.9. The Hall–Kier alpha value is -0.930. The number of benzene rings is 1. The second-order valence-electron chi connectivity index (χ2n) is 4.05. The minimum Gasteiger partial charge on any atom is -0.396 e. The van der Waals surface area contributed by atoms with E-state index in [0.29, 0.717) is 0 Å². The molecule has 3 N–H and O–H groups in total. The van der Waals surface area contributed by atoms with Gasteiger partial charge in [-0.1, -0.05) is 12.1 Å². The molecule has 1 aliphatic carbocycles. The maximum Gasteiger partial charge on any atom is 0.123 e. The van der Waals surface area contributed by atoms with Crippen LogP contribution in [0.1, 0.15) is 24.4 Å². The number of halogens is 1. The van der Waals surface area contributed by atoms with E-state index in [9.17, 15) is 9.50 Å². The van der Waals surface area contributed by atoms with Gasteiger partial charge in [-0.25, -0.2) is 4.39 Å². The lowest BCUT2D eigenvalue weighted by Crippen LogP contribution is -2.25. The first-order valence-corrected chi connectivity index (χ1v) is 4.80. The topological polar surface area (TPSA) is 46.2 Å². The molecule has 0 radical (unpaired) electrons. The number of rotatable bonds is 3. The summed E-state index contributed by atoms with van der Waals surface area (Å²) in [5.74, 6) is -0.272. The van der Waals surface area contributed by atoms with Crippen molar-refractivity contribution in [2.45, 2.75) is 18.9 Å². The highest BCUT2D eigenvalue weighted by Gasteiger charge is 2.47. The van der Waals surface area contributed by atoms with Gasteiger partial charge in [0.2, 0.25) is 0 Å². The van der Waals surface area contributed by atoms with Gasteiger partial charge in [0.1, 0.15) is 5.82 Å². The Labute approximate surface area is 82.5 Å². The van der Waals surface area contributed by atoms with Crippen LogP contribution in [0.25, 0.3) is 0 Å². The number of hydrogen-bond acceptors (Lipinski definition) is 2. The number of hydrogen-bond donors (Lipinski definition) is 2. The Balaban J connectivity index is 2.23. The molecular weight excluding hydrogens is 181 g/mol. The van der Waals surface area contributed by atoms with E-state index in [1.165, 1.54) is 12.1 Å². The molecule has 1 saturated carbocycles. The van der Waals surface area contributed by atoms with Gasteiger partial charge < -0.3 is 10.8 Å². The largest absolute Gasteiger partial charge is 0.396 e. The summed E-state index contributed by atoms with van der Waals surface area (Å²) in [6, 6.07) is 6.06. The fourth-order valence-corrected chi connectivity index (χ4v) is 1.78. The molecule has 1 unspecified atom stereocenters. The van der Waals surface area contributed by atoms with Crippen LogP contribution in [0, 0.1) is 11.2 Å². The van der Waals surface area contributed by atoms with E-state index in [2.05, 4.69) is 0 Å². The molecule has 0 bridgehead atoms. The van der Waals surface area contributed by atoms with Crippen molar-refractivity contribution in [1.29, 1.82) is 0 Å². The van der Waals surface area contributed by atoms with Crippen LogP contribution in [0.2, 0.25) is 0 Å². The van der Waals surface area contributed by atoms with E-state index in [1.54, 1.807) is 6.07 Å². The average molecular weight is 195 g/mol. The van der Waals surface area contributed by atoms with Gasteiger partial charge in [-0.2, -0.15) is 0 Å². The van der Waals surface area contributed by atoms with E-state index in [4.69, 9.17) is 5.73 Å². The summed E-state index contributed by atoms with van der Waals surface area (Å²) in [4.78, 5) is 0. The van der Waals surface area contributed by atoms with Gasteiger partial charge in [0.25, 0.3) is 0 Å². The monoisotopic (exact) mass is 195 g/mol. The fourth-order valence-electron chi connectivity index (χ4n) is 1.78. The Kier molecular flexibility index (Phi) is 2.29. The van der Waals surface area contributed by atoms with Crippen molar-refractivity contribution < 1.29 is 9.50 Å². The molecule has 0 spiro atoms. The highest BCUT2D eigenvalue weighted by Crippen LogP contribution is 2.53. The van der Waals surface area contributed by atoms with E-state index in [1.807, 2.05) is 6.07 Å². The van der Waals surface area contributed by atoms with Crippen molar-refractivity contribution >= 4 is 0 Å². The van der Waals surface area contributed by atoms with Crippen molar-refractivity contribution in [2.24, 2.45) is 11.1 Å². The molecule has 3 heteroatoms. The first kappa shape index (κ1) is 9.62. The van der Waals surface area contributed by atoms with E-state index < -0.39 is 0 Å². The van der Waals surface area contributed by atoms with Crippen molar-refractivity contribution in [3.05, 3.63) is 35.6 Å². The summed E-state index contributed by atoms with van der Waals surface area (Å²) in [7, 11) is 0. The number of aliphatic hydroxyl groups excluding tert-OH is 1. The van der Waals surface area contributed by atoms with Gasteiger partial charge in [-0.3, -0.25) is 0 Å². The van der Waals surface area contributed by atoms with Crippen LogP contribution >= 0.6 is 0 Å². The van der Waals surface area contributed by atoms with Gasteiger partial charge in [0.05, 0.1) is 6.61 Å². The minimum absolute atomic E-state index is 0.0880. The van der Waals surface area contributed by atoms with Gasteiger partial charge in [-0.15, -0.1) is 0 Å². The van der Waals surface area contributed by atoms with Gasteiger partial charge in [-0.05, 0) is 30.5 Å². The molecule has 1 fully saturated rings. The predicted molar refractivity (Wildman–Crippen MR) is 52.1 cm³/mol. The summed E-state index contributed by atoms with van der Waals surface area (Å²) in [6.45, 7) is 0.0880. The molecule has 0 amide bonds. The molecule has 1 atom stereocenters. The Morgan fingerprint density at radius 3 is 2.71 bits per heavy atom. The van der Waals surface area contributed by atoms with Crippen LogP contribution in [-0.2, 0) is 0 Å². The molecule has 76 valence electrons. The van der Waals surface area contributed by atoms with Gasteiger partial charge in [0, 0.05) is 11.5 Å². The van der Waals surface area contributed by atoms with Crippen LogP contribution in [0.4, 0.5) is 4.39 Å². The summed E-state index contributed by atoms with van der Waals surface area (Å²) in [5, 5.41) is 9.18. The molecule has 0 aliphatic heterocycles. The SMILES string of the molecule is NC(c1cccc(F)c1)C1(CO)CC1. The molecular formula is C11H14FNO. The molecule has 1 aromatic carbocycles. The molecule has 1 aromatic rings. The van der Waals surface area contributed by atoms with E-state index in [-0.39, 0.29) is 23.9 Å². The zero-order chi connectivity index (χ0) is 10.2. The van der Waals surface area contributed by atoms with Gasteiger partial charge >= 0.3 is 0 Å². The van der Waals surface area contributed by atoms with Crippen LogP contribution < -0.4 is 5.73 Å². The molecule has 0 aromatic heterocycles. The predicted octanol–water partition coefficient (Wildman–Crippen LogP) is 1.60. The fraction of sp³-hybridized carbons (Fsp3) is 0.455. The summed E-state index contributed by atoms with van der Waals surface area (Å²) in [6.07, 6.45) is 1.86. The summed E-state index contributed by atoms with van der Waals surface area (Å²) < 4.78 is 12.9. The highest BCUT2D eigenvalue weighted by atomic mass is 19.1.